The molecule has 4 heteroatoms. The fourth-order valence-corrected chi connectivity index (χ4v) is 1.89. The van der Waals surface area contributed by atoms with Crippen LogP contribution in [0.3, 0.4) is 0 Å². The highest BCUT2D eigenvalue weighted by molar-refractivity contribution is 7.88. The molecule has 1 rings (SSSR count). The number of nitrogens with one attached hydrogen (secondary N) is 1. The van der Waals surface area contributed by atoms with E-state index in [1.165, 1.54) is 6.92 Å². The van der Waals surface area contributed by atoms with Crippen molar-refractivity contribution in [2.24, 2.45) is 0 Å². The molecule has 0 saturated heterocycles. The van der Waals surface area contributed by atoms with Crippen LogP contribution < -0.4 is 5.32 Å². The van der Waals surface area contributed by atoms with Crippen molar-refractivity contribution in [2.75, 3.05) is 5.32 Å². The number of allylic oxidation sites excluding steroid dienone is 1. The molecule has 1 aromatic rings. The highest BCUT2D eigenvalue weighted by Gasteiger charge is 2.00. The fourth-order valence-electron chi connectivity index (χ4n) is 1.08. The number of amides is 1. The maximum absolute atomic E-state index is 11.5. The zero-order chi connectivity index (χ0) is 11.3. The van der Waals surface area contributed by atoms with Crippen LogP contribution in [0, 0.1) is 0 Å². The molecule has 3 nitrogen and oxygen atoms in total. The molecule has 1 N–H and O–H groups in total. The van der Waals surface area contributed by atoms with Crippen molar-refractivity contribution in [3.8, 4) is 0 Å². The molecule has 0 bridgehead atoms. The van der Waals surface area contributed by atoms with E-state index in [1.807, 2.05) is 6.92 Å². The van der Waals surface area contributed by atoms with Gasteiger partial charge in [-0.25, -0.2) is 4.21 Å². The maximum atomic E-state index is 11.5. The third-order valence-corrected chi connectivity index (χ3v) is 2.92. The minimum atomic E-state index is -1.10. The van der Waals surface area contributed by atoms with Crippen molar-refractivity contribution in [1.82, 2.24) is 0 Å². The van der Waals surface area contributed by atoms with Crippen molar-refractivity contribution in [3.05, 3.63) is 35.7 Å². The number of anilines is 1. The van der Waals surface area contributed by atoms with Gasteiger partial charge in [-0.2, -0.15) is 0 Å². The van der Waals surface area contributed by atoms with Crippen molar-refractivity contribution in [2.45, 2.75) is 18.7 Å². The van der Waals surface area contributed by atoms with E-state index in [4.69, 9.17) is 0 Å². The second kappa shape index (κ2) is 5.46. The van der Waals surface area contributed by atoms with Crippen molar-refractivity contribution >= 4 is 22.4 Å². The lowest BCUT2D eigenvalue weighted by Gasteiger charge is -2.02. The summed E-state index contributed by atoms with van der Waals surface area (Å²) in [6, 6.07) is 6.94. The normalized spacial score (nSPS) is 12.7. The van der Waals surface area contributed by atoms with E-state index in [0.29, 0.717) is 5.69 Å². The Bertz CT molecular complexity index is 396. The first-order valence-electron chi connectivity index (χ1n) is 4.54. The largest absolute Gasteiger partial charge is 0.326 e. The first kappa shape index (κ1) is 11.7. The predicted octanol–water partition coefficient (Wildman–Crippen LogP) is 2.29. The molecule has 15 heavy (non-hydrogen) atoms. The van der Waals surface area contributed by atoms with Gasteiger partial charge in [0.15, 0.2) is 0 Å². The van der Waals surface area contributed by atoms with Gasteiger partial charge >= 0.3 is 0 Å². The topological polar surface area (TPSA) is 46.2 Å². The smallest absolute Gasteiger partial charge is 0.221 e. The van der Waals surface area contributed by atoms with Gasteiger partial charge in [-0.3, -0.25) is 4.79 Å². The summed E-state index contributed by atoms with van der Waals surface area (Å²) in [7, 11) is -1.10. The van der Waals surface area contributed by atoms with E-state index in [9.17, 15) is 9.00 Å². The highest BCUT2D eigenvalue weighted by atomic mass is 32.2. The second-order valence-corrected chi connectivity index (χ2v) is 4.31. The Morgan fingerprint density at radius 3 is 2.40 bits per heavy atom. The van der Waals surface area contributed by atoms with Crippen LogP contribution >= 0.6 is 0 Å². The lowest BCUT2D eigenvalue weighted by Crippen LogP contribution is -2.05. The second-order valence-electron chi connectivity index (χ2n) is 2.97. The Morgan fingerprint density at radius 2 is 1.93 bits per heavy atom. The van der Waals surface area contributed by atoms with E-state index in [1.54, 1.807) is 35.7 Å². The summed E-state index contributed by atoms with van der Waals surface area (Å²) >= 11 is 0. The zero-order valence-corrected chi connectivity index (χ0v) is 9.51. The van der Waals surface area contributed by atoms with Gasteiger partial charge in [0.1, 0.15) is 0 Å². The molecule has 0 aliphatic heterocycles. The number of hydrogen-bond acceptors (Lipinski definition) is 2. The van der Waals surface area contributed by atoms with E-state index in [-0.39, 0.29) is 5.91 Å². The molecule has 1 aromatic carbocycles. The number of carbonyl (C=O) groups is 1. The van der Waals surface area contributed by atoms with Crippen molar-refractivity contribution in [1.29, 1.82) is 0 Å². The SMILES string of the molecule is C/C=C/S(=O)c1ccc(NC(C)=O)cc1. The third kappa shape index (κ3) is 3.67. The maximum Gasteiger partial charge on any atom is 0.221 e. The third-order valence-electron chi connectivity index (χ3n) is 1.67. The van der Waals surface area contributed by atoms with Crippen LogP contribution in [-0.2, 0) is 15.6 Å². The van der Waals surface area contributed by atoms with Crippen LogP contribution in [0.15, 0.2) is 40.6 Å². The van der Waals surface area contributed by atoms with E-state index >= 15 is 0 Å². The molecule has 1 atom stereocenters. The molecular formula is C11H13NO2S. The van der Waals surface area contributed by atoms with Crippen molar-refractivity contribution < 1.29 is 9.00 Å². The van der Waals surface area contributed by atoms with Gasteiger partial charge in [0, 0.05) is 22.9 Å². The Labute approximate surface area is 91.7 Å². The number of benzene rings is 1. The van der Waals surface area contributed by atoms with Gasteiger partial charge in [-0.15, -0.1) is 0 Å². The van der Waals surface area contributed by atoms with Gasteiger partial charge in [-0.1, -0.05) is 6.08 Å². The Balaban J connectivity index is 2.80. The van der Waals surface area contributed by atoms with Crippen LogP contribution in [0.25, 0.3) is 0 Å². The van der Waals surface area contributed by atoms with Crippen LogP contribution in [0.4, 0.5) is 5.69 Å². The number of carbonyl (C=O) groups excluding carboxylic acids is 1. The molecular weight excluding hydrogens is 210 g/mol. The summed E-state index contributed by atoms with van der Waals surface area (Å²) in [5, 5.41) is 4.27. The molecule has 80 valence electrons. The van der Waals surface area contributed by atoms with Gasteiger partial charge < -0.3 is 5.32 Å². The van der Waals surface area contributed by atoms with Gasteiger partial charge in [-0.05, 0) is 31.2 Å². The fraction of sp³-hybridized carbons (Fsp3) is 0.182. The quantitative estimate of drug-likeness (QED) is 0.854. The van der Waals surface area contributed by atoms with Gasteiger partial charge in [0.2, 0.25) is 5.91 Å². The molecule has 0 aromatic heterocycles. The monoisotopic (exact) mass is 223 g/mol. The van der Waals surface area contributed by atoms with Crippen LogP contribution in [-0.4, -0.2) is 10.1 Å². The highest BCUT2D eigenvalue weighted by Crippen LogP contribution is 2.13. The van der Waals surface area contributed by atoms with Crippen LogP contribution in [0.1, 0.15) is 13.8 Å². The van der Waals surface area contributed by atoms with Gasteiger partial charge in [0.25, 0.3) is 0 Å². The van der Waals surface area contributed by atoms with Crippen molar-refractivity contribution in [3.63, 3.8) is 0 Å². The first-order valence-corrected chi connectivity index (χ1v) is 5.76. The summed E-state index contributed by atoms with van der Waals surface area (Å²) < 4.78 is 11.5. The molecule has 0 aliphatic carbocycles. The summed E-state index contributed by atoms with van der Waals surface area (Å²) in [6.07, 6.45) is 1.75. The lowest BCUT2D eigenvalue weighted by atomic mass is 10.3. The Morgan fingerprint density at radius 1 is 1.33 bits per heavy atom. The summed E-state index contributed by atoms with van der Waals surface area (Å²) in [4.78, 5) is 11.5. The average molecular weight is 223 g/mol. The van der Waals surface area contributed by atoms with Gasteiger partial charge in [0.05, 0.1) is 10.8 Å². The first-order chi connectivity index (χ1) is 7.13. The summed E-state index contributed by atoms with van der Waals surface area (Å²) in [5.41, 5.74) is 0.712. The van der Waals surface area contributed by atoms with E-state index in [2.05, 4.69) is 5.32 Å². The molecule has 0 heterocycles. The van der Waals surface area contributed by atoms with Crippen LogP contribution in [0.5, 0.6) is 0 Å². The Kier molecular flexibility index (Phi) is 4.24. The van der Waals surface area contributed by atoms with Crippen LogP contribution in [0.2, 0.25) is 0 Å². The molecule has 0 fully saturated rings. The molecule has 1 amide bonds. The van der Waals surface area contributed by atoms with E-state index in [0.717, 1.165) is 4.90 Å². The van der Waals surface area contributed by atoms with E-state index < -0.39 is 10.8 Å². The average Bonchev–Trinajstić information content (AvgIpc) is 2.18. The number of hydrogen-bond donors (Lipinski definition) is 1. The standard InChI is InChI=1S/C11H13NO2S/c1-3-8-15(14)11-6-4-10(5-7-11)12-9(2)13/h3-8H,1-2H3,(H,12,13)/b8-3+. The molecule has 0 saturated carbocycles. The predicted molar refractivity (Wildman–Crippen MR) is 62.0 cm³/mol. The molecule has 1 unspecified atom stereocenters. The summed E-state index contributed by atoms with van der Waals surface area (Å²) in [5.74, 6) is -0.114. The zero-order valence-electron chi connectivity index (χ0n) is 8.69. The summed E-state index contributed by atoms with van der Waals surface area (Å²) in [6.45, 7) is 3.27. The lowest BCUT2D eigenvalue weighted by molar-refractivity contribution is -0.114. The number of rotatable bonds is 3. The molecule has 0 radical (unpaired) electrons. The molecule has 0 spiro atoms. The Hall–Kier alpha value is -1.42. The molecule has 0 aliphatic rings. The minimum Gasteiger partial charge on any atom is -0.326 e. The minimum absolute atomic E-state index is 0.114.